The molecule has 0 aliphatic heterocycles. The minimum absolute atomic E-state index is 0.0762. The van der Waals surface area contributed by atoms with Crippen molar-refractivity contribution in [1.82, 2.24) is 19.9 Å². The first-order chi connectivity index (χ1) is 14.5. The number of hydrogen-bond acceptors (Lipinski definition) is 6. The Labute approximate surface area is 170 Å². The topological polar surface area (TPSA) is 113 Å². The molecule has 3 N–H and O–H groups in total. The molecule has 30 heavy (non-hydrogen) atoms. The number of aromatic carboxylic acids is 1. The molecule has 0 saturated heterocycles. The van der Waals surface area contributed by atoms with Gasteiger partial charge in [-0.2, -0.15) is 4.39 Å². The molecule has 0 atom stereocenters. The van der Waals surface area contributed by atoms with E-state index in [1.54, 1.807) is 30.6 Å². The lowest BCUT2D eigenvalue weighted by molar-refractivity contribution is 0.0696. The Morgan fingerprint density at radius 3 is 2.87 bits per heavy atom. The van der Waals surface area contributed by atoms with Crippen molar-refractivity contribution in [3.05, 3.63) is 77.1 Å². The summed E-state index contributed by atoms with van der Waals surface area (Å²) in [6, 6.07) is 8.52. The van der Waals surface area contributed by atoms with Crippen molar-refractivity contribution in [2.45, 2.75) is 13.0 Å². The van der Waals surface area contributed by atoms with Gasteiger partial charge in [-0.25, -0.2) is 19.7 Å². The number of nitrogens with one attached hydrogen (secondary N) is 2. The van der Waals surface area contributed by atoms with Gasteiger partial charge < -0.3 is 20.1 Å². The van der Waals surface area contributed by atoms with E-state index in [1.165, 1.54) is 19.4 Å². The molecule has 0 aromatic carbocycles. The third-order valence-electron chi connectivity index (χ3n) is 4.67. The molecular weight excluding hydrogens is 389 g/mol. The molecule has 0 fully saturated rings. The van der Waals surface area contributed by atoms with Crippen molar-refractivity contribution in [2.24, 2.45) is 0 Å². The minimum Gasteiger partial charge on any atom is -0.481 e. The molecule has 4 aromatic heterocycles. The number of halogens is 1. The fourth-order valence-corrected chi connectivity index (χ4v) is 3.15. The van der Waals surface area contributed by atoms with Crippen molar-refractivity contribution in [1.29, 1.82) is 0 Å². The van der Waals surface area contributed by atoms with Gasteiger partial charge in [-0.15, -0.1) is 0 Å². The Hall–Kier alpha value is -4.01. The maximum Gasteiger partial charge on any atom is 0.337 e. The lowest BCUT2D eigenvalue weighted by atomic mass is 10.1. The molecule has 8 nitrogen and oxygen atoms in total. The standard InChI is InChI=1S/C21H18FN5O3/c1-30-20-13(3-2-6-23-20)9-24-17-5-4-12(18(22)27-17)7-14-10-25-19-16(14)8-15(11-26-19)21(28)29/h2-6,8,10-11H,7,9H2,1H3,(H,24,27)(H,25,26)(H,28,29). The molecule has 152 valence electrons. The second-order valence-corrected chi connectivity index (χ2v) is 6.59. The maximum atomic E-state index is 14.6. The highest BCUT2D eigenvalue weighted by Crippen LogP contribution is 2.23. The van der Waals surface area contributed by atoms with E-state index in [9.17, 15) is 9.18 Å². The van der Waals surface area contributed by atoms with E-state index >= 15 is 0 Å². The normalized spacial score (nSPS) is 10.9. The molecule has 4 heterocycles. The van der Waals surface area contributed by atoms with Gasteiger partial charge in [0.2, 0.25) is 11.8 Å². The first-order valence-electron chi connectivity index (χ1n) is 9.11. The van der Waals surface area contributed by atoms with Crippen molar-refractivity contribution in [2.75, 3.05) is 12.4 Å². The summed E-state index contributed by atoms with van der Waals surface area (Å²) in [6.45, 7) is 0.384. The number of ether oxygens (including phenoxy) is 1. The monoisotopic (exact) mass is 407 g/mol. The summed E-state index contributed by atoms with van der Waals surface area (Å²) in [7, 11) is 1.54. The van der Waals surface area contributed by atoms with E-state index in [-0.39, 0.29) is 12.0 Å². The fraction of sp³-hybridized carbons (Fsp3) is 0.143. The quantitative estimate of drug-likeness (QED) is 0.402. The Morgan fingerprint density at radius 1 is 1.23 bits per heavy atom. The van der Waals surface area contributed by atoms with Gasteiger partial charge in [0.1, 0.15) is 11.5 Å². The van der Waals surface area contributed by atoms with E-state index in [2.05, 4.69) is 25.3 Å². The minimum atomic E-state index is -1.06. The summed E-state index contributed by atoms with van der Waals surface area (Å²) < 4.78 is 19.8. The van der Waals surface area contributed by atoms with Crippen LogP contribution in [0, 0.1) is 5.95 Å². The molecule has 0 saturated carbocycles. The number of pyridine rings is 3. The second-order valence-electron chi connectivity index (χ2n) is 6.59. The Bertz CT molecular complexity index is 1220. The number of anilines is 1. The van der Waals surface area contributed by atoms with Gasteiger partial charge in [0.15, 0.2) is 0 Å². The number of methoxy groups -OCH3 is 1. The number of carboxylic acid groups (broad SMARTS) is 1. The van der Waals surface area contributed by atoms with Gasteiger partial charge in [-0.3, -0.25) is 0 Å². The van der Waals surface area contributed by atoms with Crippen molar-refractivity contribution in [3.63, 3.8) is 0 Å². The SMILES string of the molecule is COc1ncccc1CNc1ccc(Cc2c[nH]c3ncc(C(=O)O)cc23)c(F)n1. The zero-order chi connectivity index (χ0) is 21.1. The molecule has 0 aliphatic rings. The van der Waals surface area contributed by atoms with Crippen LogP contribution < -0.4 is 10.1 Å². The summed E-state index contributed by atoms with van der Waals surface area (Å²) in [4.78, 5) is 26.4. The zero-order valence-electron chi connectivity index (χ0n) is 16.0. The molecule has 4 aromatic rings. The average molecular weight is 407 g/mol. The predicted molar refractivity (Wildman–Crippen MR) is 108 cm³/mol. The second kappa shape index (κ2) is 8.16. The number of carboxylic acids is 1. The maximum absolute atomic E-state index is 14.6. The smallest absolute Gasteiger partial charge is 0.337 e. The van der Waals surface area contributed by atoms with Gasteiger partial charge >= 0.3 is 5.97 Å². The van der Waals surface area contributed by atoms with E-state index in [4.69, 9.17) is 9.84 Å². The van der Waals surface area contributed by atoms with Gasteiger partial charge in [0.25, 0.3) is 0 Å². The van der Waals surface area contributed by atoms with E-state index < -0.39 is 11.9 Å². The van der Waals surface area contributed by atoms with Crippen LogP contribution in [-0.2, 0) is 13.0 Å². The zero-order valence-corrected chi connectivity index (χ0v) is 16.0. The number of hydrogen-bond donors (Lipinski definition) is 3. The highest BCUT2D eigenvalue weighted by Gasteiger charge is 2.13. The first kappa shape index (κ1) is 19.3. The van der Waals surface area contributed by atoms with Crippen LogP contribution in [0.3, 0.4) is 0 Å². The van der Waals surface area contributed by atoms with Crippen LogP contribution in [0.2, 0.25) is 0 Å². The highest BCUT2D eigenvalue weighted by molar-refractivity contribution is 5.92. The van der Waals surface area contributed by atoms with E-state index in [0.717, 1.165) is 11.1 Å². The molecule has 0 amide bonds. The van der Waals surface area contributed by atoms with E-state index in [0.29, 0.717) is 34.8 Å². The molecule has 4 rings (SSSR count). The molecule has 0 radical (unpaired) electrons. The first-order valence-corrected chi connectivity index (χ1v) is 9.11. The Morgan fingerprint density at radius 2 is 2.10 bits per heavy atom. The number of nitrogens with zero attached hydrogens (tertiary/aromatic N) is 3. The highest BCUT2D eigenvalue weighted by atomic mass is 19.1. The van der Waals surface area contributed by atoms with Crippen molar-refractivity contribution < 1.29 is 19.0 Å². The molecule has 0 unspecified atom stereocenters. The Kier molecular flexibility index (Phi) is 5.25. The third kappa shape index (κ3) is 3.90. The van der Waals surface area contributed by atoms with Gasteiger partial charge in [0, 0.05) is 48.1 Å². The molecular formula is C21H18FN5O3. The van der Waals surface area contributed by atoms with Crippen molar-refractivity contribution >= 4 is 22.8 Å². The molecule has 0 bridgehead atoms. The van der Waals surface area contributed by atoms with Crippen LogP contribution in [0.5, 0.6) is 5.88 Å². The van der Waals surface area contributed by atoms with Crippen molar-refractivity contribution in [3.8, 4) is 5.88 Å². The molecule has 9 heteroatoms. The summed E-state index contributed by atoms with van der Waals surface area (Å²) in [6.07, 6.45) is 4.86. The van der Waals surface area contributed by atoms with Gasteiger partial charge in [-0.05, 0) is 23.8 Å². The average Bonchev–Trinajstić information content (AvgIpc) is 3.16. The van der Waals surface area contributed by atoms with Crippen LogP contribution >= 0.6 is 0 Å². The van der Waals surface area contributed by atoms with E-state index in [1.807, 2.05) is 6.07 Å². The predicted octanol–water partition coefficient (Wildman–Crippen LogP) is 3.40. The number of fused-ring (bicyclic) bond motifs is 1. The van der Waals surface area contributed by atoms with Crippen LogP contribution in [0.1, 0.15) is 27.0 Å². The number of aromatic amines is 1. The molecule has 0 spiro atoms. The Balaban J connectivity index is 1.52. The van der Waals surface area contributed by atoms with Gasteiger partial charge in [0.05, 0.1) is 12.7 Å². The summed E-state index contributed by atoms with van der Waals surface area (Å²) in [5.74, 6) is -0.786. The summed E-state index contributed by atoms with van der Waals surface area (Å²) >= 11 is 0. The summed E-state index contributed by atoms with van der Waals surface area (Å²) in [5.41, 5.74) is 2.58. The lowest BCUT2D eigenvalue weighted by Crippen LogP contribution is -2.06. The number of H-pyrrole nitrogens is 1. The molecule has 0 aliphatic carbocycles. The number of carbonyl (C=O) groups is 1. The lowest BCUT2D eigenvalue weighted by Gasteiger charge is -2.10. The fourth-order valence-electron chi connectivity index (χ4n) is 3.15. The number of rotatable bonds is 7. The van der Waals surface area contributed by atoms with Gasteiger partial charge in [-0.1, -0.05) is 12.1 Å². The van der Waals surface area contributed by atoms with Crippen LogP contribution in [0.15, 0.2) is 48.9 Å². The third-order valence-corrected chi connectivity index (χ3v) is 4.67. The van der Waals surface area contributed by atoms with Crippen LogP contribution in [-0.4, -0.2) is 38.1 Å². The van der Waals surface area contributed by atoms with Crippen LogP contribution in [0.25, 0.3) is 11.0 Å². The van der Waals surface area contributed by atoms with Crippen LogP contribution in [0.4, 0.5) is 10.2 Å². The summed E-state index contributed by atoms with van der Waals surface area (Å²) in [5, 5.41) is 12.9. The number of aromatic nitrogens is 4. The largest absolute Gasteiger partial charge is 0.481 e.